The summed E-state index contributed by atoms with van der Waals surface area (Å²) in [7, 11) is 1.19. The fourth-order valence-electron chi connectivity index (χ4n) is 2.38. The maximum absolute atomic E-state index is 12.5. The number of hydrogen-bond donors (Lipinski definition) is 2. The maximum atomic E-state index is 12.5. The summed E-state index contributed by atoms with van der Waals surface area (Å²) < 4.78 is 4.60. The van der Waals surface area contributed by atoms with Gasteiger partial charge in [0, 0.05) is 5.57 Å². The molecule has 0 fully saturated rings. The van der Waals surface area contributed by atoms with Gasteiger partial charge in [-0.25, -0.2) is 4.79 Å². The molecule has 25 heavy (non-hydrogen) atoms. The van der Waals surface area contributed by atoms with Gasteiger partial charge in [0.2, 0.25) is 5.91 Å². The van der Waals surface area contributed by atoms with Crippen LogP contribution >= 0.6 is 0 Å². The largest absolute Gasteiger partial charge is 0.467 e. The number of nitrogens with one attached hydrogen (secondary N) is 1. The Morgan fingerprint density at radius 2 is 1.60 bits per heavy atom. The molecule has 0 aliphatic carbocycles. The van der Waals surface area contributed by atoms with Crippen LogP contribution in [0.2, 0.25) is 0 Å². The van der Waals surface area contributed by atoms with E-state index in [0.29, 0.717) is 11.1 Å². The summed E-state index contributed by atoms with van der Waals surface area (Å²) in [4.78, 5) is 24.2. The van der Waals surface area contributed by atoms with Crippen molar-refractivity contribution >= 4 is 18.0 Å². The summed E-state index contributed by atoms with van der Waals surface area (Å²) >= 11 is 0. The quantitative estimate of drug-likeness (QED) is 0.626. The first-order chi connectivity index (χ1) is 12.0. The molecule has 1 amide bonds. The Labute approximate surface area is 146 Å². The minimum atomic E-state index is -1.50. The minimum Gasteiger partial charge on any atom is -0.467 e. The fraction of sp³-hybridized carbons (Fsp3) is 0.200. The number of amides is 1. The number of rotatable bonds is 6. The zero-order valence-electron chi connectivity index (χ0n) is 14.2. The Hall–Kier alpha value is -2.92. The molecule has 2 N–H and O–H groups in total. The predicted octanol–water partition coefficient (Wildman–Crippen LogP) is 2.48. The summed E-state index contributed by atoms with van der Waals surface area (Å²) in [6.45, 7) is 1.68. The number of carbonyl (C=O) groups excluding carboxylic acids is 2. The van der Waals surface area contributed by atoms with E-state index in [1.165, 1.54) is 7.11 Å². The van der Waals surface area contributed by atoms with Crippen molar-refractivity contribution in [2.24, 2.45) is 0 Å². The van der Waals surface area contributed by atoms with Gasteiger partial charge in [-0.05, 0) is 24.1 Å². The fourth-order valence-corrected chi connectivity index (χ4v) is 2.38. The summed E-state index contributed by atoms with van der Waals surface area (Å²) in [6, 6.07) is 17.3. The highest BCUT2D eigenvalue weighted by Crippen LogP contribution is 2.19. The van der Waals surface area contributed by atoms with Crippen LogP contribution in [0.3, 0.4) is 0 Å². The van der Waals surface area contributed by atoms with E-state index in [9.17, 15) is 14.7 Å². The highest BCUT2D eigenvalue weighted by Gasteiger charge is 2.30. The van der Waals surface area contributed by atoms with Gasteiger partial charge in [0.1, 0.15) is 0 Å². The highest BCUT2D eigenvalue weighted by molar-refractivity contribution is 5.97. The first-order valence-corrected chi connectivity index (χ1v) is 7.88. The Kier molecular flexibility index (Phi) is 6.48. The lowest BCUT2D eigenvalue weighted by molar-refractivity contribution is -0.152. The number of esters is 1. The topological polar surface area (TPSA) is 75.6 Å². The number of hydrogen-bond acceptors (Lipinski definition) is 4. The molecule has 0 aliphatic rings. The van der Waals surface area contributed by atoms with Crippen LogP contribution in [0.1, 0.15) is 24.1 Å². The molecule has 0 heterocycles. The van der Waals surface area contributed by atoms with Crippen molar-refractivity contribution in [3.8, 4) is 0 Å². The van der Waals surface area contributed by atoms with Gasteiger partial charge in [-0.2, -0.15) is 0 Å². The molecule has 0 saturated heterocycles. The molecule has 5 heteroatoms. The van der Waals surface area contributed by atoms with E-state index in [1.54, 1.807) is 37.3 Å². The van der Waals surface area contributed by atoms with Crippen LogP contribution in [0.4, 0.5) is 0 Å². The zero-order chi connectivity index (χ0) is 18.2. The number of ether oxygens (including phenoxy) is 1. The van der Waals surface area contributed by atoms with Crippen LogP contribution in [0.5, 0.6) is 0 Å². The van der Waals surface area contributed by atoms with Gasteiger partial charge in [0.25, 0.3) is 0 Å². The van der Waals surface area contributed by atoms with E-state index in [1.807, 2.05) is 36.4 Å². The van der Waals surface area contributed by atoms with Crippen molar-refractivity contribution in [2.75, 3.05) is 7.11 Å². The van der Waals surface area contributed by atoms with E-state index < -0.39 is 18.1 Å². The molecule has 2 rings (SSSR count). The van der Waals surface area contributed by atoms with Crippen molar-refractivity contribution in [1.29, 1.82) is 0 Å². The molecule has 0 spiro atoms. The molecule has 0 aromatic heterocycles. The van der Waals surface area contributed by atoms with Gasteiger partial charge in [-0.1, -0.05) is 60.7 Å². The first kappa shape index (κ1) is 18.4. The monoisotopic (exact) mass is 339 g/mol. The van der Waals surface area contributed by atoms with Gasteiger partial charge in [0.05, 0.1) is 13.2 Å². The first-order valence-electron chi connectivity index (χ1n) is 7.88. The minimum absolute atomic E-state index is 0.374. The van der Waals surface area contributed by atoms with E-state index in [4.69, 9.17) is 0 Å². The molecule has 2 atom stereocenters. The molecule has 0 saturated carbocycles. The predicted molar refractivity (Wildman–Crippen MR) is 95.4 cm³/mol. The van der Waals surface area contributed by atoms with E-state index >= 15 is 0 Å². The van der Waals surface area contributed by atoms with E-state index in [2.05, 4.69) is 10.1 Å². The van der Waals surface area contributed by atoms with Gasteiger partial charge in [0.15, 0.2) is 6.10 Å². The molecule has 0 radical (unpaired) electrons. The van der Waals surface area contributed by atoms with E-state index in [-0.39, 0.29) is 5.91 Å². The number of benzene rings is 2. The summed E-state index contributed by atoms with van der Waals surface area (Å²) in [5.41, 5.74) is 1.96. The summed E-state index contributed by atoms with van der Waals surface area (Å²) in [5.74, 6) is -1.18. The third-order valence-corrected chi connectivity index (χ3v) is 3.74. The zero-order valence-corrected chi connectivity index (χ0v) is 14.2. The van der Waals surface area contributed by atoms with Gasteiger partial charge in [-0.3, -0.25) is 4.79 Å². The van der Waals surface area contributed by atoms with E-state index in [0.717, 1.165) is 5.56 Å². The van der Waals surface area contributed by atoms with Crippen LogP contribution < -0.4 is 5.32 Å². The van der Waals surface area contributed by atoms with Crippen molar-refractivity contribution in [3.63, 3.8) is 0 Å². The number of carbonyl (C=O) groups is 2. The second-order valence-electron chi connectivity index (χ2n) is 5.57. The third kappa shape index (κ3) is 5.02. The lowest BCUT2D eigenvalue weighted by Crippen LogP contribution is -2.41. The Morgan fingerprint density at radius 1 is 1.04 bits per heavy atom. The Morgan fingerprint density at radius 3 is 2.16 bits per heavy atom. The standard InChI is InChI=1S/C20H21NO4/c1-14(13-15-9-5-3-6-10-15)19(23)21-17(18(22)20(24)25-2)16-11-7-4-8-12-16/h3-13,17-18,22H,1-2H3,(H,21,23)/t17-,18+/m0/s1. The number of aliphatic hydroxyl groups is 1. The summed E-state index contributed by atoms with van der Waals surface area (Å²) in [5, 5.41) is 13.0. The van der Waals surface area contributed by atoms with Crippen molar-refractivity contribution in [1.82, 2.24) is 5.32 Å². The molecule has 2 aromatic rings. The molecular formula is C20H21NO4. The maximum Gasteiger partial charge on any atom is 0.337 e. The average Bonchev–Trinajstić information content (AvgIpc) is 2.66. The van der Waals surface area contributed by atoms with Crippen molar-refractivity contribution in [3.05, 3.63) is 77.4 Å². The van der Waals surface area contributed by atoms with Gasteiger partial charge in [-0.15, -0.1) is 0 Å². The molecule has 0 unspecified atom stereocenters. The van der Waals surface area contributed by atoms with Crippen LogP contribution in [-0.4, -0.2) is 30.2 Å². The smallest absolute Gasteiger partial charge is 0.337 e. The molecular weight excluding hydrogens is 318 g/mol. The number of methoxy groups -OCH3 is 1. The lowest BCUT2D eigenvalue weighted by Gasteiger charge is -2.23. The van der Waals surface area contributed by atoms with Crippen LogP contribution in [-0.2, 0) is 14.3 Å². The molecule has 2 aromatic carbocycles. The summed E-state index contributed by atoms with van der Waals surface area (Å²) in [6.07, 6.45) is 0.239. The third-order valence-electron chi connectivity index (χ3n) is 3.74. The average molecular weight is 339 g/mol. The van der Waals surface area contributed by atoms with Gasteiger partial charge < -0.3 is 15.2 Å². The second kappa shape index (κ2) is 8.80. The van der Waals surface area contributed by atoms with Crippen LogP contribution in [0.15, 0.2) is 66.2 Å². The molecule has 130 valence electrons. The van der Waals surface area contributed by atoms with Gasteiger partial charge >= 0.3 is 5.97 Å². The molecule has 0 aliphatic heterocycles. The van der Waals surface area contributed by atoms with Crippen LogP contribution in [0, 0.1) is 0 Å². The highest BCUT2D eigenvalue weighted by atomic mass is 16.5. The Bertz CT molecular complexity index is 741. The SMILES string of the molecule is COC(=O)[C@H](O)[C@@H](NC(=O)C(C)=Cc1ccccc1)c1ccccc1. The number of aliphatic hydroxyl groups excluding tert-OH is 1. The molecule has 5 nitrogen and oxygen atoms in total. The molecule has 0 bridgehead atoms. The van der Waals surface area contributed by atoms with Crippen LogP contribution in [0.25, 0.3) is 6.08 Å². The second-order valence-corrected chi connectivity index (χ2v) is 5.57. The lowest BCUT2D eigenvalue weighted by atomic mass is 10.0. The van der Waals surface area contributed by atoms with Crippen molar-refractivity contribution in [2.45, 2.75) is 19.1 Å². The van der Waals surface area contributed by atoms with Crippen molar-refractivity contribution < 1.29 is 19.4 Å². The Balaban J connectivity index is 2.22. The normalized spacial score (nSPS) is 13.6.